The number of carbonyl (C=O) groups excluding carboxylic acids is 3. The first-order chi connectivity index (χ1) is 14.6. The van der Waals surface area contributed by atoms with E-state index in [9.17, 15) is 24.3 Å². The van der Waals surface area contributed by atoms with E-state index in [-0.39, 0.29) is 0 Å². The van der Waals surface area contributed by atoms with Crippen molar-refractivity contribution in [3.8, 4) is 0 Å². The molecule has 1 saturated heterocycles. The van der Waals surface area contributed by atoms with Crippen molar-refractivity contribution in [2.75, 3.05) is 0 Å². The third kappa shape index (κ3) is 2.25. The maximum absolute atomic E-state index is 13.6. The minimum absolute atomic E-state index is 0.608. The number of alkyl halides is 2. The van der Waals surface area contributed by atoms with Crippen LogP contribution in [-0.2, 0) is 28.9 Å². The van der Waals surface area contributed by atoms with E-state index in [2.05, 4.69) is 0 Å². The highest BCUT2D eigenvalue weighted by Crippen LogP contribution is 2.69. The first kappa shape index (κ1) is 20.0. The number of halogens is 2. The van der Waals surface area contributed by atoms with Crippen LogP contribution in [0.25, 0.3) is 0 Å². The highest BCUT2D eigenvalue weighted by Gasteiger charge is 2.73. The van der Waals surface area contributed by atoms with E-state index in [1.165, 1.54) is 0 Å². The van der Waals surface area contributed by atoms with E-state index in [0.717, 1.165) is 0 Å². The summed E-state index contributed by atoms with van der Waals surface area (Å²) in [6.07, 6.45) is -0.698. The van der Waals surface area contributed by atoms with Crippen LogP contribution >= 0.6 is 23.2 Å². The molecule has 0 radical (unpaired) electrons. The van der Waals surface area contributed by atoms with Crippen molar-refractivity contribution in [3.05, 3.63) is 70.8 Å². The van der Waals surface area contributed by atoms with Crippen molar-refractivity contribution >= 4 is 46.9 Å². The number of aliphatic carboxylic acids is 1. The molecule has 0 saturated carbocycles. The number of nitrogens with two attached hydrogens (primary N) is 1. The molecule has 0 spiro atoms. The zero-order valence-corrected chi connectivity index (χ0v) is 17.4. The van der Waals surface area contributed by atoms with Crippen molar-refractivity contribution in [3.63, 3.8) is 0 Å². The van der Waals surface area contributed by atoms with Gasteiger partial charge in [0.15, 0.2) is 0 Å². The van der Waals surface area contributed by atoms with Crippen LogP contribution < -0.4 is 5.73 Å². The van der Waals surface area contributed by atoms with Gasteiger partial charge in [-0.2, -0.15) is 0 Å². The standard InChI is InChI=1S/C22H16Cl2N2O5/c23-21-10-5-1-2-6-11(10)22(24,13-8-4-3-7-12(13)21)17-16(21)18(28)26(19(17)29)14(20(30)31)9-15(25)27/h1-8,14,16-17H,9H2,(H2,25,27)(H,30,31)/t14-,16-,17+,21?,22?/m1/s1. The lowest BCUT2D eigenvalue weighted by molar-refractivity contribution is -0.156. The fourth-order valence-electron chi connectivity index (χ4n) is 5.48. The van der Waals surface area contributed by atoms with Crippen LogP contribution in [0.4, 0.5) is 0 Å². The largest absolute Gasteiger partial charge is 0.480 e. The van der Waals surface area contributed by atoms with Gasteiger partial charge >= 0.3 is 5.97 Å². The first-order valence-corrected chi connectivity index (χ1v) is 10.4. The minimum Gasteiger partial charge on any atom is -0.480 e. The molecule has 1 heterocycles. The number of hydrogen-bond acceptors (Lipinski definition) is 4. The summed E-state index contributed by atoms with van der Waals surface area (Å²) in [5.41, 5.74) is 7.62. The van der Waals surface area contributed by atoms with E-state index in [4.69, 9.17) is 28.9 Å². The summed E-state index contributed by atoms with van der Waals surface area (Å²) in [6.45, 7) is 0. The van der Waals surface area contributed by atoms with Gasteiger partial charge in [-0.05, 0) is 22.3 Å². The molecule has 9 heteroatoms. The van der Waals surface area contributed by atoms with Crippen LogP contribution in [0, 0.1) is 11.8 Å². The van der Waals surface area contributed by atoms with Gasteiger partial charge in [0, 0.05) is 0 Å². The van der Waals surface area contributed by atoms with Gasteiger partial charge in [-0.3, -0.25) is 19.3 Å². The highest BCUT2D eigenvalue weighted by atomic mass is 35.5. The number of likely N-dealkylation sites (tertiary alicyclic amines) is 1. The van der Waals surface area contributed by atoms with Crippen LogP contribution in [-0.4, -0.2) is 39.7 Å². The molecule has 3 amide bonds. The molecular formula is C22H16Cl2N2O5. The molecule has 3 aliphatic carbocycles. The zero-order valence-electron chi connectivity index (χ0n) is 15.9. The van der Waals surface area contributed by atoms with Gasteiger partial charge in [0.05, 0.1) is 18.3 Å². The van der Waals surface area contributed by atoms with Gasteiger partial charge in [0.2, 0.25) is 17.7 Å². The Kier molecular flexibility index (Phi) is 4.08. The lowest BCUT2D eigenvalue weighted by Crippen LogP contribution is -2.57. The van der Waals surface area contributed by atoms with E-state index in [1.807, 2.05) is 0 Å². The molecule has 31 heavy (non-hydrogen) atoms. The topological polar surface area (TPSA) is 118 Å². The average Bonchev–Trinajstić information content (AvgIpc) is 3.01. The van der Waals surface area contributed by atoms with Crippen molar-refractivity contribution in [1.29, 1.82) is 0 Å². The van der Waals surface area contributed by atoms with E-state index in [1.54, 1.807) is 48.5 Å². The van der Waals surface area contributed by atoms with Gasteiger partial charge in [-0.1, -0.05) is 48.5 Å². The van der Waals surface area contributed by atoms with Crippen molar-refractivity contribution in [2.45, 2.75) is 22.2 Å². The number of hydrogen-bond donors (Lipinski definition) is 2. The third-order valence-electron chi connectivity index (χ3n) is 6.61. The predicted octanol–water partition coefficient (Wildman–Crippen LogP) is 1.91. The molecule has 0 aromatic heterocycles. The molecule has 3 atom stereocenters. The SMILES string of the molecule is NC(=O)C[C@H](C(=O)O)N1C(=O)[C@@H]2[C@H](C1=O)C1(Cl)c3ccccc3C2(Cl)c2ccccc21. The number of rotatable bonds is 4. The summed E-state index contributed by atoms with van der Waals surface area (Å²) in [7, 11) is 0. The second-order valence-corrected chi connectivity index (χ2v) is 9.23. The smallest absolute Gasteiger partial charge is 0.327 e. The molecular weight excluding hydrogens is 443 g/mol. The fourth-order valence-corrected chi connectivity index (χ4v) is 6.57. The number of imide groups is 1. The Bertz CT molecular complexity index is 1070. The van der Waals surface area contributed by atoms with Gasteiger partial charge < -0.3 is 10.8 Å². The Morgan fingerprint density at radius 2 is 1.26 bits per heavy atom. The lowest BCUT2D eigenvalue weighted by Gasteiger charge is -2.54. The highest BCUT2D eigenvalue weighted by molar-refractivity contribution is 6.36. The Labute approximate surface area is 186 Å². The Morgan fingerprint density at radius 3 is 1.55 bits per heavy atom. The molecule has 7 nitrogen and oxygen atoms in total. The molecule has 2 bridgehead atoms. The number of nitrogens with zero attached hydrogens (tertiary/aromatic N) is 1. The normalized spacial score (nSPS) is 31.1. The van der Waals surface area contributed by atoms with E-state index in [0.29, 0.717) is 27.2 Å². The number of carboxylic acids is 1. The summed E-state index contributed by atoms with van der Waals surface area (Å²) < 4.78 is 0. The van der Waals surface area contributed by atoms with Gasteiger partial charge in [-0.15, -0.1) is 23.2 Å². The minimum atomic E-state index is -1.73. The lowest BCUT2D eigenvalue weighted by atomic mass is 9.54. The maximum atomic E-state index is 13.6. The van der Waals surface area contributed by atoms with Crippen LogP contribution in [0.2, 0.25) is 0 Å². The number of carbonyl (C=O) groups is 4. The third-order valence-corrected chi connectivity index (χ3v) is 7.90. The Morgan fingerprint density at radius 1 is 0.903 bits per heavy atom. The molecule has 2 aromatic rings. The predicted molar refractivity (Wildman–Crippen MR) is 110 cm³/mol. The van der Waals surface area contributed by atoms with E-state index >= 15 is 0 Å². The van der Waals surface area contributed by atoms with Gasteiger partial charge in [0.25, 0.3) is 0 Å². The monoisotopic (exact) mass is 458 g/mol. The molecule has 1 fully saturated rings. The molecule has 158 valence electrons. The number of amides is 3. The van der Waals surface area contributed by atoms with Gasteiger partial charge in [0.1, 0.15) is 15.8 Å². The van der Waals surface area contributed by atoms with Crippen LogP contribution in [0.1, 0.15) is 28.7 Å². The zero-order chi connectivity index (χ0) is 22.3. The van der Waals surface area contributed by atoms with Crippen LogP contribution in [0.15, 0.2) is 48.5 Å². The Balaban J connectivity index is 1.79. The first-order valence-electron chi connectivity index (χ1n) is 9.61. The number of benzene rings is 2. The summed E-state index contributed by atoms with van der Waals surface area (Å²) in [5, 5.41) is 9.65. The van der Waals surface area contributed by atoms with Crippen LogP contribution in [0.3, 0.4) is 0 Å². The summed E-state index contributed by atoms with van der Waals surface area (Å²) in [4.78, 5) is 48.3. The second-order valence-electron chi connectivity index (χ2n) is 8.04. The molecule has 4 aliphatic rings. The second kappa shape index (κ2) is 6.31. The van der Waals surface area contributed by atoms with Crippen molar-refractivity contribution in [2.24, 2.45) is 17.6 Å². The van der Waals surface area contributed by atoms with Gasteiger partial charge in [-0.25, -0.2) is 4.79 Å². The van der Waals surface area contributed by atoms with Crippen LogP contribution in [0.5, 0.6) is 0 Å². The Hall–Kier alpha value is -2.90. The number of carboxylic acid groups (broad SMARTS) is 1. The molecule has 0 unspecified atom stereocenters. The quantitative estimate of drug-likeness (QED) is 0.535. The molecule has 3 N–H and O–H groups in total. The molecule has 2 aromatic carbocycles. The number of primary amides is 1. The molecule has 6 rings (SSSR count). The van der Waals surface area contributed by atoms with E-state index < -0.39 is 57.7 Å². The fraction of sp³-hybridized carbons (Fsp3) is 0.273. The van der Waals surface area contributed by atoms with Crippen molar-refractivity contribution < 1.29 is 24.3 Å². The average molecular weight is 459 g/mol. The summed E-state index contributed by atoms with van der Waals surface area (Å²) in [5.74, 6) is -6.25. The summed E-state index contributed by atoms with van der Waals surface area (Å²) in [6, 6.07) is 12.4. The maximum Gasteiger partial charge on any atom is 0.327 e. The summed E-state index contributed by atoms with van der Waals surface area (Å²) >= 11 is 14.5. The molecule has 1 aliphatic heterocycles. The van der Waals surface area contributed by atoms with Crippen molar-refractivity contribution in [1.82, 2.24) is 4.90 Å².